The molecule has 1 aliphatic rings. The molecule has 1 aliphatic carbocycles. The minimum absolute atomic E-state index is 0.0444. The quantitative estimate of drug-likeness (QED) is 0.765. The standard InChI is InChI=1S/C9H13N3O2S/c1-6-10-11-9(15-5-8(13)14)12(6)4-7-2-3-7/h7H,2-5H2,1H3,(H,13,14). The fraction of sp³-hybridized carbons (Fsp3) is 0.667. The number of carboxylic acid groups (broad SMARTS) is 1. The second-order valence-electron chi connectivity index (χ2n) is 3.77. The largest absolute Gasteiger partial charge is 0.481 e. The molecule has 0 bridgehead atoms. The zero-order valence-electron chi connectivity index (χ0n) is 8.51. The van der Waals surface area contributed by atoms with E-state index in [1.165, 1.54) is 24.6 Å². The minimum atomic E-state index is -0.821. The molecule has 15 heavy (non-hydrogen) atoms. The number of carbonyl (C=O) groups is 1. The molecule has 0 spiro atoms. The molecule has 2 rings (SSSR count). The molecule has 1 aromatic heterocycles. The van der Waals surface area contributed by atoms with Crippen LogP contribution in [-0.4, -0.2) is 31.6 Å². The highest BCUT2D eigenvalue weighted by atomic mass is 32.2. The highest BCUT2D eigenvalue weighted by molar-refractivity contribution is 7.99. The summed E-state index contributed by atoms with van der Waals surface area (Å²) < 4.78 is 2.02. The summed E-state index contributed by atoms with van der Waals surface area (Å²) in [6.45, 7) is 2.83. The Hall–Kier alpha value is -1.04. The molecule has 1 aromatic rings. The fourth-order valence-corrected chi connectivity index (χ4v) is 2.08. The van der Waals surface area contributed by atoms with Gasteiger partial charge in [-0.15, -0.1) is 10.2 Å². The van der Waals surface area contributed by atoms with E-state index in [-0.39, 0.29) is 5.75 Å². The molecule has 0 unspecified atom stereocenters. The van der Waals surface area contributed by atoms with Gasteiger partial charge in [0.05, 0.1) is 5.75 Å². The maximum atomic E-state index is 10.4. The smallest absolute Gasteiger partial charge is 0.313 e. The van der Waals surface area contributed by atoms with E-state index in [1.807, 2.05) is 11.5 Å². The lowest BCUT2D eigenvalue weighted by molar-refractivity contribution is -0.133. The number of thioether (sulfide) groups is 1. The topological polar surface area (TPSA) is 68.0 Å². The lowest BCUT2D eigenvalue weighted by Crippen LogP contribution is -2.06. The van der Waals surface area contributed by atoms with Gasteiger partial charge in [-0.05, 0) is 25.7 Å². The average Bonchev–Trinajstić information content (AvgIpc) is 2.92. The van der Waals surface area contributed by atoms with Crippen molar-refractivity contribution in [1.82, 2.24) is 14.8 Å². The van der Waals surface area contributed by atoms with Gasteiger partial charge in [-0.2, -0.15) is 0 Å². The summed E-state index contributed by atoms with van der Waals surface area (Å²) in [5.41, 5.74) is 0. The van der Waals surface area contributed by atoms with E-state index in [1.54, 1.807) is 0 Å². The summed E-state index contributed by atoms with van der Waals surface area (Å²) in [5.74, 6) is 0.834. The predicted octanol–water partition coefficient (Wildman–Crippen LogP) is 1.17. The number of carboxylic acids is 1. The third kappa shape index (κ3) is 2.71. The lowest BCUT2D eigenvalue weighted by Gasteiger charge is -2.05. The Labute approximate surface area is 91.9 Å². The zero-order valence-corrected chi connectivity index (χ0v) is 9.33. The zero-order chi connectivity index (χ0) is 10.8. The van der Waals surface area contributed by atoms with E-state index in [0.717, 1.165) is 23.4 Å². The van der Waals surface area contributed by atoms with Crippen molar-refractivity contribution >= 4 is 17.7 Å². The van der Waals surface area contributed by atoms with Crippen LogP contribution in [0.1, 0.15) is 18.7 Å². The molecule has 0 atom stereocenters. The van der Waals surface area contributed by atoms with Crippen LogP contribution < -0.4 is 0 Å². The van der Waals surface area contributed by atoms with Gasteiger partial charge in [0.15, 0.2) is 5.16 Å². The minimum Gasteiger partial charge on any atom is -0.481 e. The average molecular weight is 227 g/mol. The molecule has 1 saturated carbocycles. The molecular formula is C9H13N3O2S. The second kappa shape index (κ2) is 4.22. The van der Waals surface area contributed by atoms with E-state index in [4.69, 9.17) is 5.11 Å². The maximum absolute atomic E-state index is 10.4. The van der Waals surface area contributed by atoms with Crippen molar-refractivity contribution in [3.05, 3.63) is 5.82 Å². The fourth-order valence-electron chi connectivity index (χ4n) is 1.36. The number of aryl methyl sites for hydroxylation is 1. The molecule has 0 radical (unpaired) electrons. The maximum Gasteiger partial charge on any atom is 0.313 e. The first kappa shape index (κ1) is 10.5. The number of aliphatic carboxylic acids is 1. The van der Waals surface area contributed by atoms with Gasteiger partial charge in [-0.3, -0.25) is 4.79 Å². The van der Waals surface area contributed by atoms with Crippen LogP contribution in [0.3, 0.4) is 0 Å². The Bertz CT molecular complexity index is 373. The summed E-state index contributed by atoms with van der Waals surface area (Å²) in [6.07, 6.45) is 2.53. The van der Waals surface area contributed by atoms with E-state index >= 15 is 0 Å². The molecule has 82 valence electrons. The molecule has 0 saturated heterocycles. The van der Waals surface area contributed by atoms with Crippen molar-refractivity contribution in [2.24, 2.45) is 5.92 Å². The van der Waals surface area contributed by atoms with Crippen molar-refractivity contribution in [2.45, 2.75) is 31.5 Å². The van der Waals surface area contributed by atoms with Gasteiger partial charge in [0.2, 0.25) is 0 Å². The van der Waals surface area contributed by atoms with Crippen molar-refractivity contribution in [3.8, 4) is 0 Å². The van der Waals surface area contributed by atoms with Crippen LogP contribution in [-0.2, 0) is 11.3 Å². The summed E-state index contributed by atoms with van der Waals surface area (Å²) in [6, 6.07) is 0. The van der Waals surface area contributed by atoms with Crippen LogP contribution in [0.4, 0.5) is 0 Å². The second-order valence-corrected chi connectivity index (χ2v) is 4.71. The van der Waals surface area contributed by atoms with Gasteiger partial charge in [0.1, 0.15) is 5.82 Å². The van der Waals surface area contributed by atoms with Crippen LogP contribution in [0, 0.1) is 12.8 Å². The highest BCUT2D eigenvalue weighted by Crippen LogP contribution is 2.32. The van der Waals surface area contributed by atoms with Gasteiger partial charge in [-0.1, -0.05) is 11.8 Å². The SMILES string of the molecule is Cc1nnc(SCC(=O)O)n1CC1CC1. The van der Waals surface area contributed by atoms with Gasteiger partial charge in [-0.25, -0.2) is 0 Å². The molecular weight excluding hydrogens is 214 g/mol. The van der Waals surface area contributed by atoms with E-state index in [9.17, 15) is 4.79 Å². The predicted molar refractivity (Wildman–Crippen MR) is 55.8 cm³/mol. The monoisotopic (exact) mass is 227 g/mol. The summed E-state index contributed by atoms with van der Waals surface area (Å²) >= 11 is 1.24. The lowest BCUT2D eigenvalue weighted by atomic mass is 10.4. The van der Waals surface area contributed by atoms with Crippen LogP contribution >= 0.6 is 11.8 Å². The first-order chi connectivity index (χ1) is 7.16. The number of rotatable bonds is 5. The third-order valence-corrected chi connectivity index (χ3v) is 3.32. The number of aromatic nitrogens is 3. The van der Waals surface area contributed by atoms with E-state index in [0.29, 0.717) is 0 Å². The number of nitrogens with zero attached hydrogens (tertiary/aromatic N) is 3. The first-order valence-corrected chi connectivity index (χ1v) is 5.90. The van der Waals surface area contributed by atoms with E-state index < -0.39 is 5.97 Å². The Morgan fingerprint density at radius 2 is 2.33 bits per heavy atom. The van der Waals surface area contributed by atoms with E-state index in [2.05, 4.69) is 10.2 Å². The normalized spacial score (nSPS) is 15.5. The summed E-state index contributed by atoms with van der Waals surface area (Å²) in [7, 11) is 0. The van der Waals surface area contributed by atoms with Gasteiger partial charge < -0.3 is 9.67 Å². The van der Waals surface area contributed by atoms with Crippen molar-refractivity contribution in [2.75, 3.05) is 5.75 Å². The van der Waals surface area contributed by atoms with Crippen molar-refractivity contribution < 1.29 is 9.90 Å². The first-order valence-electron chi connectivity index (χ1n) is 4.91. The third-order valence-electron chi connectivity index (χ3n) is 2.36. The Morgan fingerprint density at radius 1 is 1.60 bits per heavy atom. The summed E-state index contributed by atoms with van der Waals surface area (Å²) in [4.78, 5) is 10.4. The number of hydrogen-bond donors (Lipinski definition) is 1. The van der Waals surface area contributed by atoms with Gasteiger partial charge >= 0.3 is 5.97 Å². The number of hydrogen-bond acceptors (Lipinski definition) is 4. The van der Waals surface area contributed by atoms with Crippen LogP contribution in [0.15, 0.2) is 5.16 Å². The molecule has 0 amide bonds. The molecule has 5 nitrogen and oxygen atoms in total. The van der Waals surface area contributed by atoms with Crippen molar-refractivity contribution in [1.29, 1.82) is 0 Å². The summed E-state index contributed by atoms with van der Waals surface area (Å²) in [5, 5.41) is 17.3. The molecule has 1 heterocycles. The molecule has 0 aliphatic heterocycles. The van der Waals surface area contributed by atoms with Gasteiger partial charge in [0.25, 0.3) is 0 Å². The van der Waals surface area contributed by atoms with Crippen LogP contribution in [0.2, 0.25) is 0 Å². The van der Waals surface area contributed by atoms with Crippen LogP contribution in [0.25, 0.3) is 0 Å². The molecule has 0 aromatic carbocycles. The molecule has 6 heteroatoms. The molecule has 1 fully saturated rings. The highest BCUT2D eigenvalue weighted by Gasteiger charge is 2.24. The van der Waals surface area contributed by atoms with Crippen molar-refractivity contribution in [3.63, 3.8) is 0 Å². The Kier molecular flexibility index (Phi) is 2.95. The molecule has 1 N–H and O–H groups in total. The Morgan fingerprint density at radius 3 is 2.93 bits per heavy atom. The van der Waals surface area contributed by atoms with Gasteiger partial charge in [0, 0.05) is 6.54 Å². The van der Waals surface area contributed by atoms with Crippen LogP contribution in [0.5, 0.6) is 0 Å². The Balaban J connectivity index is 2.04.